The van der Waals surface area contributed by atoms with Crippen LogP contribution >= 0.6 is 0 Å². The van der Waals surface area contributed by atoms with Gasteiger partial charge < -0.3 is 14.4 Å². The Morgan fingerprint density at radius 2 is 1.77 bits per heavy atom. The second kappa shape index (κ2) is 7.07. The molecule has 22 heavy (non-hydrogen) atoms. The Morgan fingerprint density at radius 3 is 2.41 bits per heavy atom. The monoisotopic (exact) mass is 301 g/mol. The number of amides is 1. The van der Waals surface area contributed by atoms with Gasteiger partial charge in [-0.1, -0.05) is 30.3 Å². The van der Waals surface area contributed by atoms with Crippen molar-refractivity contribution in [1.29, 1.82) is 0 Å². The maximum absolute atomic E-state index is 12.4. The third-order valence-electron chi connectivity index (χ3n) is 4.45. The predicted octanol–water partition coefficient (Wildman–Crippen LogP) is 2.70. The summed E-state index contributed by atoms with van der Waals surface area (Å²) in [5.74, 6) is 0.527. The summed E-state index contributed by atoms with van der Waals surface area (Å²) >= 11 is 0. The van der Waals surface area contributed by atoms with Gasteiger partial charge in [-0.25, -0.2) is 0 Å². The SMILES string of the molecule is C/C(=C/C(=O)N1CCC(C2OCCO2)CC1)c1ccccc1. The molecule has 2 aliphatic heterocycles. The normalized spacial score (nSPS) is 21.3. The van der Waals surface area contributed by atoms with Crippen molar-refractivity contribution in [2.45, 2.75) is 26.1 Å². The van der Waals surface area contributed by atoms with Crippen molar-refractivity contribution in [2.75, 3.05) is 26.3 Å². The fourth-order valence-electron chi connectivity index (χ4n) is 3.10. The van der Waals surface area contributed by atoms with Gasteiger partial charge in [0.2, 0.25) is 5.91 Å². The number of carbonyl (C=O) groups is 1. The van der Waals surface area contributed by atoms with Crippen molar-refractivity contribution in [3.8, 4) is 0 Å². The standard InChI is InChI=1S/C18H23NO3/c1-14(15-5-3-2-4-6-15)13-17(20)19-9-7-16(8-10-19)18-21-11-12-22-18/h2-6,13,16,18H,7-12H2,1H3/b14-13-. The van der Waals surface area contributed by atoms with Gasteiger partial charge in [-0.2, -0.15) is 0 Å². The molecule has 0 N–H and O–H groups in total. The lowest BCUT2D eigenvalue weighted by Crippen LogP contribution is -2.40. The van der Waals surface area contributed by atoms with Gasteiger partial charge in [0.25, 0.3) is 0 Å². The number of hydrogen-bond donors (Lipinski definition) is 0. The number of ether oxygens (including phenoxy) is 2. The number of benzene rings is 1. The number of piperidine rings is 1. The zero-order valence-corrected chi connectivity index (χ0v) is 13.0. The molecule has 1 aromatic carbocycles. The van der Waals surface area contributed by atoms with Crippen LogP contribution in [-0.4, -0.2) is 43.4 Å². The highest BCUT2D eigenvalue weighted by atomic mass is 16.7. The lowest BCUT2D eigenvalue weighted by Gasteiger charge is -2.33. The van der Waals surface area contributed by atoms with E-state index in [0.717, 1.165) is 37.1 Å². The van der Waals surface area contributed by atoms with Crippen LogP contribution in [0.5, 0.6) is 0 Å². The van der Waals surface area contributed by atoms with Crippen molar-refractivity contribution < 1.29 is 14.3 Å². The summed E-state index contributed by atoms with van der Waals surface area (Å²) < 4.78 is 11.1. The summed E-state index contributed by atoms with van der Waals surface area (Å²) in [6.45, 7) is 4.95. The molecule has 0 aromatic heterocycles. The lowest BCUT2D eigenvalue weighted by molar-refractivity contribution is -0.132. The van der Waals surface area contributed by atoms with Crippen LogP contribution in [0, 0.1) is 5.92 Å². The predicted molar refractivity (Wildman–Crippen MR) is 85.1 cm³/mol. The Labute approximate surface area is 131 Å². The van der Waals surface area contributed by atoms with Crippen LogP contribution in [0.15, 0.2) is 36.4 Å². The molecule has 2 fully saturated rings. The molecule has 4 nitrogen and oxygen atoms in total. The minimum absolute atomic E-state index is 0.0566. The minimum Gasteiger partial charge on any atom is -0.350 e. The molecule has 3 rings (SSSR count). The van der Waals surface area contributed by atoms with E-state index in [1.165, 1.54) is 0 Å². The number of hydrogen-bond acceptors (Lipinski definition) is 3. The lowest BCUT2D eigenvalue weighted by atomic mass is 9.96. The molecule has 0 saturated carbocycles. The highest BCUT2D eigenvalue weighted by Gasteiger charge is 2.31. The average molecular weight is 301 g/mol. The van der Waals surface area contributed by atoms with Crippen LogP contribution in [0.1, 0.15) is 25.3 Å². The molecular formula is C18H23NO3. The largest absolute Gasteiger partial charge is 0.350 e. The zero-order valence-electron chi connectivity index (χ0n) is 13.0. The van der Waals surface area contributed by atoms with E-state index in [1.807, 2.05) is 42.2 Å². The van der Waals surface area contributed by atoms with Gasteiger partial charge in [-0.15, -0.1) is 0 Å². The number of likely N-dealkylation sites (tertiary alicyclic amines) is 1. The number of rotatable bonds is 3. The van der Waals surface area contributed by atoms with Gasteiger partial charge >= 0.3 is 0 Å². The van der Waals surface area contributed by atoms with Gasteiger partial charge in [-0.3, -0.25) is 4.79 Å². The topological polar surface area (TPSA) is 38.8 Å². The molecule has 2 saturated heterocycles. The molecule has 1 amide bonds. The fraction of sp³-hybridized carbons (Fsp3) is 0.500. The molecule has 2 aliphatic rings. The molecule has 0 bridgehead atoms. The van der Waals surface area contributed by atoms with E-state index in [2.05, 4.69) is 0 Å². The van der Waals surface area contributed by atoms with Crippen LogP contribution in [0.4, 0.5) is 0 Å². The van der Waals surface area contributed by atoms with E-state index in [9.17, 15) is 4.79 Å². The molecule has 4 heteroatoms. The van der Waals surface area contributed by atoms with Gasteiger partial charge in [-0.05, 0) is 30.9 Å². The molecule has 2 heterocycles. The second-order valence-corrected chi connectivity index (χ2v) is 5.97. The Balaban J connectivity index is 1.55. The first-order valence-corrected chi connectivity index (χ1v) is 8.00. The summed E-state index contributed by atoms with van der Waals surface area (Å²) in [6.07, 6.45) is 3.60. The minimum atomic E-state index is -0.0566. The van der Waals surface area contributed by atoms with E-state index in [0.29, 0.717) is 19.1 Å². The van der Waals surface area contributed by atoms with E-state index in [4.69, 9.17) is 9.47 Å². The van der Waals surface area contributed by atoms with Gasteiger partial charge in [0.05, 0.1) is 13.2 Å². The van der Waals surface area contributed by atoms with Crippen LogP contribution in [-0.2, 0) is 14.3 Å². The molecule has 0 spiro atoms. The summed E-state index contributed by atoms with van der Waals surface area (Å²) in [4.78, 5) is 14.3. The zero-order chi connectivity index (χ0) is 15.4. The maximum atomic E-state index is 12.4. The third kappa shape index (κ3) is 3.57. The van der Waals surface area contributed by atoms with Crippen molar-refractivity contribution >= 4 is 11.5 Å². The molecule has 0 radical (unpaired) electrons. The molecular weight excluding hydrogens is 278 g/mol. The first-order chi connectivity index (χ1) is 10.7. The molecule has 0 aliphatic carbocycles. The highest BCUT2D eigenvalue weighted by molar-refractivity contribution is 5.94. The Morgan fingerprint density at radius 1 is 1.14 bits per heavy atom. The van der Waals surface area contributed by atoms with Crippen LogP contribution in [0.2, 0.25) is 0 Å². The smallest absolute Gasteiger partial charge is 0.246 e. The quantitative estimate of drug-likeness (QED) is 0.806. The number of nitrogens with zero attached hydrogens (tertiary/aromatic N) is 1. The first kappa shape index (κ1) is 15.3. The second-order valence-electron chi connectivity index (χ2n) is 5.97. The van der Waals surface area contributed by atoms with Crippen molar-refractivity contribution in [2.24, 2.45) is 5.92 Å². The molecule has 118 valence electrons. The first-order valence-electron chi connectivity index (χ1n) is 8.00. The molecule has 0 unspecified atom stereocenters. The Hall–Kier alpha value is -1.65. The van der Waals surface area contributed by atoms with Gasteiger partial charge in [0, 0.05) is 25.1 Å². The summed E-state index contributed by atoms with van der Waals surface area (Å²) in [5.41, 5.74) is 2.11. The van der Waals surface area contributed by atoms with Gasteiger partial charge in [0.15, 0.2) is 6.29 Å². The third-order valence-corrected chi connectivity index (χ3v) is 4.45. The van der Waals surface area contributed by atoms with E-state index in [-0.39, 0.29) is 12.2 Å². The highest BCUT2D eigenvalue weighted by Crippen LogP contribution is 2.26. The number of allylic oxidation sites excluding steroid dienone is 1. The van der Waals surface area contributed by atoms with Crippen LogP contribution < -0.4 is 0 Å². The summed E-state index contributed by atoms with van der Waals surface area (Å²) in [5, 5.41) is 0. The Bertz CT molecular complexity index is 527. The maximum Gasteiger partial charge on any atom is 0.246 e. The van der Waals surface area contributed by atoms with Crippen molar-refractivity contribution in [3.05, 3.63) is 42.0 Å². The number of carbonyl (C=O) groups excluding carboxylic acids is 1. The van der Waals surface area contributed by atoms with E-state index in [1.54, 1.807) is 6.08 Å². The van der Waals surface area contributed by atoms with Crippen molar-refractivity contribution in [1.82, 2.24) is 4.90 Å². The summed E-state index contributed by atoms with van der Waals surface area (Å²) in [6, 6.07) is 10.0. The van der Waals surface area contributed by atoms with Crippen LogP contribution in [0.25, 0.3) is 5.57 Å². The van der Waals surface area contributed by atoms with Crippen molar-refractivity contribution in [3.63, 3.8) is 0 Å². The summed E-state index contributed by atoms with van der Waals surface area (Å²) in [7, 11) is 0. The molecule has 1 aromatic rings. The van der Waals surface area contributed by atoms with E-state index < -0.39 is 0 Å². The van der Waals surface area contributed by atoms with Crippen LogP contribution in [0.3, 0.4) is 0 Å². The van der Waals surface area contributed by atoms with Gasteiger partial charge in [0.1, 0.15) is 0 Å². The fourth-order valence-corrected chi connectivity index (χ4v) is 3.10. The average Bonchev–Trinajstić information content (AvgIpc) is 3.10. The molecule has 0 atom stereocenters. The Kier molecular flexibility index (Phi) is 4.90. The van der Waals surface area contributed by atoms with E-state index >= 15 is 0 Å².